The third-order valence-corrected chi connectivity index (χ3v) is 3.05. The van der Waals surface area contributed by atoms with Crippen LogP contribution in [0.15, 0.2) is 0 Å². The molecule has 0 amide bonds. The van der Waals surface area contributed by atoms with Crippen molar-refractivity contribution in [1.82, 2.24) is 0 Å². The molecule has 0 aromatic heterocycles. The Labute approximate surface area is 80.7 Å². The van der Waals surface area contributed by atoms with Crippen molar-refractivity contribution < 1.29 is 12.3 Å². The van der Waals surface area contributed by atoms with Gasteiger partial charge in [0, 0.05) is 0 Å². The van der Waals surface area contributed by atoms with E-state index in [4.69, 9.17) is 0 Å². The van der Waals surface area contributed by atoms with E-state index < -0.39 is 15.5 Å². The lowest BCUT2D eigenvalue weighted by Gasteiger charge is -2.16. The van der Waals surface area contributed by atoms with Crippen molar-refractivity contribution in [1.29, 1.82) is 0 Å². The largest absolute Gasteiger partial charge is 0.305 e. The molecule has 0 saturated carbocycles. The summed E-state index contributed by atoms with van der Waals surface area (Å²) >= 11 is 0. The van der Waals surface area contributed by atoms with Gasteiger partial charge in [-0.05, 0) is 24.7 Å². The maximum atomic E-state index is 12.7. The molecule has 0 unspecified atom stereocenters. The van der Waals surface area contributed by atoms with Gasteiger partial charge in [0.15, 0.2) is 0 Å². The zero-order valence-corrected chi connectivity index (χ0v) is 9.57. The summed E-state index contributed by atoms with van der Waals surface area (Å²) in [5, 5.41) is -0.813. The second kappa shape index (κ2) is 4.94. The Morgan fingerprint density at radius 2 is 1.31 bits per heavy atom. The van der Waals surface area contributed by atoms with Crippen molar-refractivity contribution in [2.24, 2.45) is 11.8 Å². The quantitative estimate of drug-likeness (QED) is 0.654. The highest BCUT2D eigenvalue weighted by Gasteiger charge is 2.26. The summed E-state index contributed by atoms with van der Waals surface area (Å²) in [6.45, 7) is 7.61. The summed E-state index contributed by atoms with van der Waals surface area (Å²) in [6, 6.07) is 0. The zero-order valence-electron chi connectivity index (χ0n) is 8.75. The highest BCUT2D eigenvalue weighted by Crippen LogP contribution is 2.21. The second-order valence-electron chi connectivity index (χ2n) is 4.36. The van der Waals surface area contributed by atoms with Gasteiger partial charge in [0.2, 0.25) is 0 Å². The third-order valence-electron chi connectivity index (χ3n) is 1.87. The third kappa shape index (κ3) is 6.02. The Kier molecular flexibility index (Phi) is 4.89. The van der Waals surface area contributed by atoms with Gasteiger partial charge in [0.1, 0.15) is 0 Å². The van der Waals surface area contributed by atoms with Gasteiger partial charge in [-0.1, -0.05) is 27.7 Å². The van der Waals surface area contributed by atoms with E-state index in [1.165, 1.54) is 0 Å². The van der Waals surface area contributed by atoms with E-state index in [1.807, 2.05) is 27.7 Å². The predicted molar refractivity (Wildman–Crippen MR) is 52.7 cm³/mol. The molecule has 0 saturated heterocycles. The van der Waals surface area contributed by atoms with Crippen LogP contribution >= 0.6 is 0 Å². The zero-order chi connectivity index (χ0) is 10.6. The minimum atomic E-state index is -4.36. The first-order valence-corrected chi connectivity index (χ1v) is 6.11. The van der Waals surface area contributed by atoms with Crippen molar-refractivity contribution >= 4 is 10.2 Å². The molecule has 0 radical (unpaired) electrons. The molecule has 0 aromatic rings. The van der Waals surface area contributed by atoms with Gasteiger partial charge in [0.05, 0.1) is 5.25 Å². The Bertz CT molecular complexity index is 222. The van der Waals surface area contributed by atoms with E-state index in [0.29, 0.717) is 12.8 Å². The molecule has 0 aromatic carbocycles. The molecule has 0 aliphatic heterocycles. The van der Waals surface area contributed by atoms with Gasteiger partial charge in [-0.2, -0.15) is 8.42 Å². The molecular formula is C9H19FO2S. The summed E-state index contributed by atoms with van der Waals surface area (Å²) < 4.78 is 34.2. The van der Waals surface area contributed by atoms with E-state index >= 15 is 0 Å². The molecule has 0 aliphatic rings. The molecular weight excluding hydrogens is 191 g/mol. The number of hydrogen-bond acceptors (Lipinski definition) is 2. The maximum absolute atomic E-state index is 12.7. The number of hydrogen-bond donors (Lipinski definition) is 0. The fraction of sp³-hybridized carbons (Fsp3) is 1.00. The lowest BCUT2D eigenvalue weighted by molar-refractivity contribution is 0.447. The van der Waals surface area contributed by atoms with Crippen LogP contribution in [0.25, 0.3) is 0 Å². The molecule has 0 heterocycles. The first kappa shape index (κ1) is 12.9. The average Bonchev–Trinajstić information content (AvgIpc) is 1.81. The fourth-order valence-corrected chi connectivity index (χ4v) is 2.61. The van der Waals surface area contributed by atoms with Gasteiger partial charge >= 0.3 is 10.2 Å². The van der Waals surface area contributed by atoms with Crippen LogP contribution in [0.2, 0.25) is 0 Å². The molecule has 0 fully saturated rings. The molecule has 0 bridgehead atoms. The summed E-state index contributed by atoms with van der Waals surface area (Å²) in [6.07, 6.45) is 0.827. The molecule has 4 heteroatoms. The maximum Gasteiger partial charge on any atom is 0.305 e. The monoisotopic (exact) mass is 210 g/mol. The van der Waals surface area contributed by atoms with E-state index in [9.17, 15) is 12.3 Å². The van der Waals surface area contributed by atoms with Crippen LogP contribution in [0, 0.1) is 11.8 Å². The number of rotatable bonds is 5. The standard InChI is InChI=1S/C9H19FO2S/c1-7(2)5-9(6-8(3)4)13(10,11)12/h7-9H,5-6H2,1-4H3. The minimum Gasteiger partial charge on any atom is -0.195 e. The second-order valence-corrected chi connectivity index (χ2v) is 5.97. The van der Waals surface area contributed by atoms with E-state index in [-0.39, 0.29) is 11.8 Å². The van der Waals surface area contributed by atoms with Crippen LogP contribution in [0.1, 0.15) is 40.5 Å². The molecule has 2 nitrogen and oxygen atoms in total. The van der Waals surface area contributed by atoms with Crippen LogP contribution in [-0.2, 0) is 10.2 Å². The molecule has 0 aliphatic carbocycles. The van der Waals surface area contributed by atoms with Gasteiger partial charge in [-0.25, -0.2) is 0 Å². The van der Waals surface area contributed by atoms with E-state index in [1.54, 1.807) is 0 Å². The lowest BCUT2D eigenvalue weighted by Crippen LogP contribution is -2.21. The van der Waals surface area contributed by atoms with Crippen LogP contribution in [-0.4, -0.2) is 13.7 Å². The van der Waals surface area contributed by atoms with Crippen molar-refractivity contribution in [3.8, 4) is 0 Å². The Hall–Kier alpha value is -0.120. The number of halogens is 1. The van der Waals surface area contributed by atoms with Crippen LogP contribution < -0.4 is 0 Å². The van der Waals surface area contributed by atoms with Gasteiger partial charge in [-0.15, -0.1) is 3.89 Å². The first-order valence-electron chi connectivity index (χ1n) is 4.67. The van der Waals surface area contributed by atoms with Gasteiger partial charge in [0.25, 0.3) is 0 Å². The highest BCUT2D eigenvalue weighted by atomic mass is 32.3. The van der Waals surface area contributed by atoms with Crippen molar-refractivity contribution in [3.63, 3.8) is 0 Å². The summed E-state index contributed by atoms with van der Waals surface area (Å²) in [5.41, 5.74) is 0. The molecule has 0 atom stereocenters. The lowest BCUT2D eigenvalue weighted by atomic mass is 10.0. The molecule has 0 N–H and O–H groups in total. The van der Waals surface area contributed by atoms with Crippen LogP contribution in [0.5, 0.6) is 0 Å². The molecule has 0 rings (SSSR count). The first-order chi connectivity index (χ1) is 5.73. The minimum absolute atomic E-state index is 0.217. The Morgan fingerprint density at radius 1 is 1.00 bits per heavy atom. The molecule has 0 spiro atoms. The van der Waals surface area contributed by atoms with E-state index in [0.717, 1.165) is 0 Å². The van der Waals surface area contributed by atoms with Crippen LogP contribution in [0.4, 0.5) is 3.89 Å². The van der Waals surface area contributed by atoms with Gasteiger partial charge < -0.3 is 0 Å². The Morgan fingerprint density at radius 3 is 1.46 bits per heavy atom. The van der Waals surface area contributed by atoms with E-state index in [2.05, 4.69) is 0 Å². The summed E-state index contributed by atoms with van der Waals surface area (Å²) in [4.78, 5) is 0. The highest BCUT2D eigenvalue weighted by molar-refractivity contribution is 7.87. The Balaban J connectivity index is 4.39. The molecule has 13 heavy (non-hydrogen) atoms. The van der Waals surface area contributed by atoms with Crippen molar-refractivity contribution in [2.75, 3.05) is 0 Å². The topological polar surface area (TPSA) is 34.1 Å². The summed E-state index contributed by atoms with van der Waals surface area (Å²) in [5.74, 6) is 0.434. The summed E-state index contributed by atoms with van der Waals surface area (Å²) in [7, 11) is -4.36. The average molecular weight is 210 g/mol. The molecule has 80 valence electrons. The fourth-order valence-electron chi connectivity index (χ4n) is 1.38. The SMILES string of the molecule is CC(C)CC(CC(C)C)S(=O)(=O)F. The normalized spacial score (nSPS) is 13.2. The van der Waals surface area contributed by atoms with Crippen LogP contribution in [0.3, 0.4) is 0 Å². The van der Waals surface area contributed by atoms with Crippen molar-refractivity contribution in [3.05, 3.63) is 0 Å². The predicted octanol–water partition coefficient (Wildman–Crippen LogP) is 2.75. The smallest absolute Gasteiger partial charge is 0.195 e. The van der Waals surface area contributed by atoms with Gasteiger partial charge in [-0.3, -0.25) is 0 Å². The van der Waals surface area contributed by atoms with Crippen molar-refractivity contribution in [2.45, 2.75) is 45.8 Å².